The third-order valence-corrected chi connectivity index (χ3v) is 6.72. The minimum Gasteiger partial charge on any atom is -0.356 e. The monoisotopic (exact) mass is 430 g/mol. The number of aromatic nitrogens is 2. The third-order valence-electron chi connectivity index (χ3n) is 6.72. The maximum Gasteiger partial charge on any atom is 0.274 e. The summed E-state index contributed by atoms with van der Waals surface area (Å²) in [5.74, 6) is -0.0524. The number of rotatable bonds is 1. The molecule has 0 saturated carbocycles. The number of likely N-dealkylation sites (N-methyl/N-ethyl adjacent to an activating group) is 1. The van der Waals surface area contributed by atoms with Crippen LogP contribution in [0.15, 0.2) is 6.07 Å². The highest BCUT2D eigenvalue weighted by molar-refractivity contribution is 5.98. The first-order valence-corrected chi connectivity index (χ1v) is 11.7. The molecule has 2 saturated heterocycles. The van der Waals surface area contributed by atoms with Crippen molar-refractivity contribution >= 4 is 17.7 Å². The zero-order valence-corrected chi connectivity index (χ0v) is 18.5. The quantitative estimate of drug-likeness (QED) is 0.717. The molecular formula is C22H34N6O3. The van der Waals surface area contributed by atoms with E-state index in [1.54, 1.807) is 22.7 Å². The lowest BCUT2D eigenvalue weighted by Gasteiger charge is -2.35. The van der Waals surface area contributed by atoms with E-state index in [1.807, 2.05) is 4.90 Å². The Hall–Kier alpha value is -2.42. The molecule has 3 amide bonds. The van der Waals surface area contributed by atoms with E-state index in [0.717, 1.165) is 38.8 Å². The first-order valence-electron chi connectivity index (χ1n) is 11.7. The second-order valence-corrected chi connectivity index (χ2v) is 8.96. The molecule has 1 N–H and O–H groups in total. The van der Waals surface area contributed by atoms with Crippen molar-refractivity contribution in [3.63, 3.8) is 0 Å². The van der Waals surface area contributed by atoms with Crippen molar-refractivity contribution in [2.75, 3.05) is 46.3 Å². The van der Waals surface area contributed by atoms with Gasteiger partial charge in [0.15, 0.2) is 5.69 Å². The smallest absolute Gasteiger partial charge is 0.274 e. The molecule has 170 valence electrons. The van der Waals surface area contributed by atoms with Crippen LogP contribution in [0.1, 0.15) is 65.9 Å². The van der Waals surface area contributed by atoms with Gasteiger partial charge in [-0.1, -0.05) is 6.42 Å². The minimum atomic E-state index is -0.105. The number of fused-ring (bicyclic) bond motifs is 2. The maximum absolute atomic E-state index is 13.3. The zero-order valence-electron chi connectivity index (χ0n) is 18.5. The molecule has 0 bridgehead atoms. The van der Waals surface area contributed by atoms with Gasteiger partial charge in [-0.15, -0.1) is 0 Å². The van der Waals surface area contributed by atoms with Crippen molar-refractivity contribution in [3.05, 3.63) is 17.5 Å². The average Bonchev–Trinajstić information content (AvgIpc) is 3.20. The van der Waals surface area contributed by atoms with Crippen LogP contribution in [-0.2, 0) is 11.3 Å². The second-order valence-electron chi connectivity index (χ2n) is 8.96. The van der Waals surface area contributed by atoms with Gasteiger partial charge in [0.25, 0.3) is 11.8 Å². The Bertz CT molecular complexity index is 822. The molecule has 3 aliphatic rings. The van der Waals surface area contributed by atoms with Gasteiger partial charge in [0.2, 0.25) is 5.91 Å². The molecule has 9 heteroatoms. The molecule has 4 heterocycles. The van der Waals surface area contributed by atoms with E-state index in [-0.39, 0.29) is 17.7 Å². The fraction of sp³-hybridized carbons (Fsp3) is 0.727. The lowest BCUT2D eigenvalue weighted by molar-refractivity contribution is -0.122. The number of piperidine rings is 1. The summed E-state index contributed by atoms with van der Waals surface area (Å²) < 4.78 is 1.66. The van der Waals surface area contributed by atoms with Crippen molar-refractivity contribution < 1.29 is 14.4 Å². The van der Waals surface area contributed by atoms with Crippen molar-refractivity contribution in [1.82, 2.24) is 29.8 Å². The first-order chi connectivity index (χ1) is 15.0. The Kier molecular flexibility index (Phi) is 6.89. The van der Waals surface area contributed by atoms with Gasteiger partial charge < -0.3 is 15.1 Å². The SMILES string of the molecule is CN1CCn2nc(C(=O)N3CCCCNC(=O)CC4CCCCN4CCC3)cc2C1=O. The molecule has 4 rings (SSSR count). The highest BCUT2D eigenvalue weighted by Gasteiger charge is 2.28. The van der Waals surface area contributed by atoms with E-state index in [1.165, 1.54) is 12.8 Å². The van der Waals surface area contributed by atoms with E-state index in [2.05, 4.69) is 15.3 Å². The largest absolute Gasteiger partial charge is 0.356 e. The van der Waals surface area contributed by atoms with Gasteiger partial charge in [0.05, 0.1) is 6.54 Å². The Labute approximate surface area is 183 Å². The number of carbonyl (C=O) groups is 3. The van der Waals surface area contributed by atoms with E-state index in [4.69, 9.17) is 0 Å². The van der Waals surface area contributed by atoms with Gasteiger partial charge in [-0.2, -0.15) is 5.10 Å². The van der Waals surface area contributed by atoms with Crippen LogP contribution in [0.25, 0.3) is 0 Å². The summed E-state index contributed by atoms with van der Waals surface area (Å²) >= 11 is 0. The van der Waals surface area contributed by atoms with Gasteiger partial charge in [-0.25, -0.2) is 0 Å². The number of hydrogen-bond acceptors (Lipinski definition) is 5. The molecule has 1 unspecified atom stereocenters. The molecule has 1 aromatic heterocycles. The maximum atomic E-state index is 13.3. The number of nitrogens with one attached hydrogen (secondary N) is 1. The van der Waals surface area contributed by atoms with Crippen LogP contribution in [0.2, 0.25) is 0 Å². The van der Waals surface area contributed by atoms with Gasteiger partial charge >= 0.3 is 0 Å². The van der Waals surface area contributed by atoms with Crippen LogP contribution in [0.4, 0.5) is 0 Å². The minimum absolute atomic E-state index is 0.0883. The summed E-state index contributed by atoms with van der Waals surface area (Å²) in [5, 5.41) is 7.49. The fourth-order valence-electron chi connectivity index (χ4n) is 4.87. The number of nitrogens with zero attached hydrogens (tertiary/aromatic N) is 5. The molecule has 1 aromatic rings. The normalized spacial score (nSPS) is 24.4. The summed E-state index contributed by atoms with van der Waals surface area (Å²) in [6.07, 6.45) is 6.53. The summed E-state index contributed by atoms with van der Waals surface area (Å²) in [4.78, 5) is 43.9. The Morgan fingerprint density at radius 3 is 2.65 bits per heavy atom. The highest BCUT2D eigenvalue weighted by Crippen LogP contribution is 2.21. The van der Waals surface area contributed by atoms with Gasteiger partial charge in [-0.3, -0.25) is 24.0 Å². The number of hydrogen-bond donors (Lipinski definition) is 1. The topological polar surface area (TPSA) is 90.8 Å². The number of amides is 3. The predicted molar refractivity (Wildman–Crippen MR) is 116 cm³/mol. The molecule has 1 atom stereocenters. The van der Waals surface area contributed by atoms with Crippen LogP contribution in [0, 0.1) is 0 Å². The van der Waals surface area contributed by atoms with Gasteiger partial charge in [0.1, 0.15) is 5.69 Å². The van der Waals surface area contributed by atoms with E-state index < -0.39 is 0 Å². The average molecular weight is 431 g/mol. The highest BCUT2D eigenvalue weighted by atomic mass is 16.2. The first kappa shape index (κ1) is 21.8. The van der Waals surface area contributed by atoms with E-state index in [9.17, 15) is 14.4 Å². The summed E-state index contributed by atoms with van der Waals surface area (Å²) in [7, 11) is 1.77. The lowest BCUT2D eigenvalue weighted by atomic mass is 9.98. The molecule has 9 nitrogen and oxygen atoms in total. The third kappa shape index (κ3) is 5.08. The van der Waals surface area contributed by atoms with Crippen molar-refractivity contribution in [2.45, 2.75) is 57.5 Å². The fourth-order valence-corrected chi connectivity index (χ4v) is 4.87. The molecular weight excluding hydrogens is 396 g/mol. The Morgan fingerprint density at radius 2 is 1.77 bits per heavy atom. The van der Waals surface area contributed by atoms with E-state index >= 15 is 0 Å². The van der Waals surface area contributed by atoms with Crippen LogP contribution in [-0.4, -0.2) is 94.6 Å². The van der Waals surface area contributed by atoms with Crippen molar-refractivity contribution in [3.8, 4) is 0 Å². The molecule has 31 heavy (non-hydrogen) atoms. The Morgan fingerprint density at radius 1 is 1.00 bits per heavy atom. The number of carbonyl (C=O) groups excluding carboxylic acids is 3. The van der Waals surface area contributed by atoms with E-state index in [0.29, 0.717) is 56.6 Å². The summed E-state index contributed by atoms with van der Waals surface area (Å²) in [6, 6.07) is 1.95. The van der Waals surface area contributed by atoms with Crippen LogP contribution in [0.3, 0.4) is 0 Å². The summed E-state index contributed by atoms with van der Waals surface area (Å²) in [6.45, 7) is 5.08. The lowest BCUT2D eigenvalue weighted by Crippen LogP contribution is -2.44. The molecule has 0 radical (unpaired) electrons. The standard InChI is InChI=1S/C22H34N6O3/c1-25-13-14-28-19(22(25)31)16-18(24-28)21(30)27-10-5-3-8-23-20(29)15-17-7-2-4-9-26(17)11-6-12-27/h16-17H,2-15H2,1H3,(H,23,29). The predicted octanol–water partition coefficient (Wildman–Crippen LogP) is 0.956. The van der Waals surface area contributed by atoms with Gasteiger partial charge in [-0.05, 0) is 38.6 Å². The molecule has 0 aliphatic carbocycles. The zero-order chi connectivity index (χ0) is 21.8. The van der Waals surface area contributed by atoms with Crippen LogP contribution >= 0.6 is 0 Å². The van der Waals surface area contributed by atoms with Crippen molar-refractivity contribution in [1.29, 1.82) is 0 Å². The molecule has 0 aromatic carbocycles. The summed E-state index contributed by atoms with van der Waals surface area (Å²) in [5.41, 5.74) is 0.842. The molecule has 2 fully saturated rings. The second kappa shape index (κ2) is 9.80. The van der Waals surface area contributed by atoms with Crippen LogP contribution in [0.5, 0.6) is 0 Å². The van der Waals surface area contributed by atoms with Gasteiger partial charge in [0, 0.05) is 58.3 Å². The molecule has 3 aliphatic heterocycles. The van der Waals surface area contributed by atoms with Crippen molar-refractivity contribution in [2.24, 2.45) is 0 Å². The molecule has 0 spiro atoms. The van der Waals surface area contributed by atoms with Crippen LogP contribution < -0.4 is 5.32 Å². The Balaban J connectivity index is 1.45.